The third-order valence-electron chi connectivity index (χ3n) is 7.11. The minimum atomic E-state index is 0.565. The molecule has 1 aliphatic heterocycles. The highest BCUT2D eigenvalue weighted by Gasteiger charge is 2.25. The Morgan fingerprint density at radius 1 is 0.903 bits per heavy atom. The van der Waals surface area contributed by atoms with Crippen molar-refractivity contribution in [3.05, 3.63) is 84.0 Å². The van der Waals surface area contributed by atoms with E-state index in [9.17, 15) is 0 Å². The number of para-hydroxylation sites is 2. The molecule has 0 aromatic heterocycles. The SMILES string of the molecule is C=C1CCCC/C1=C(/C)CCCN1CCC(N(c2ccccc2)c2ccccc2)CC1. The zero-order chi connectivity index (χ0) is 21.5. The van der Waals surface area contributed by atoms with E-state index >= 15 is 0 Å². The van der Waals surface area contributed by atoms with Crippen molar-refractivity contribution in [2.75, 3.05) is 24.5 Å². The Morgan fingerprint density at radius 2 is 1.48 bits per heavy atom. The third-order valence-corrected chi connectivity index (χ3v) is 7.11. The van der Waals surface area contributed by atoms with Crippen molar-refractivity contribution in [1.29, 1.82) is 0 Å². The Hall–Kier alpha value is -2.32. The fourth-order valence-corrected chi connectivity index (χ4v) is 5.35. The van der Waals surface area contributed by atoms with Crippen molar-refractivity contribution < 1.29 is 0 Å². The minimum Gasteiger partial charge on any atom is -0.338 e. The fraction of sp³-hybridized carbons (Fsp3) is 0.448. The summed E-state index contributed by atoms with van der Waals surface area (Å²) in [5.74, 6) is 0. The van der Waals surface area contributed by atoms with Crippen molar-refractivity contribution in [2.24, 2.45) is 0 Å². The van der Waals surface area contributed by atoms with Gasteiger partial charge in [-0.2, -0.15) is 0 Å². The maximum atomic E-state index is 4.32. The number of hydrogen-bond acceptors (Lipinski definition) is 2. The van der Waals surface area contributed by atoms with Gasteiger partial charge in [0.05, 0.1) is 0 Å². The molecule has 1 saturated heterocycles. The largest absolute Gasteiger partial charge is 0.338 e. The summed E-state index contributed by atoms with van der Waals surface area (Å²) in [6.45, 7) is 10.3. The van der Waals surface area contributed by atoms with Crippen LogP contribution in [0.2, 0.25) is 0 Å². The predicted octanol–water partition coefficient (Wildman–Crippen LogP) is 7.52. The molecule has 1 heterocycles. The van der Waals surface area contributed by atoms with Gasteiger partial charge in [0.2, 0.25) is 0 Å². The Bertz CT molecular complexity index is 821. The van der Waals surface area contributed by atoms with E-state index in [0.717, 1.165) is 0 Å². The average molecular weight is 415 g/mol. The average Bonchev–Trinajstić information content (AvgIpc) is 2.82. The molecule has 0 radical (unpaired) electrons. The van der Waals surface area contributed by atoms with Crippen LogP contribution in [-0.4, -0.2) is 30.6 Å². The van der Waals surface area contributed by atoms with Crippen molar-refractivity contribution in [3.63, 3.8) is 0 Å². The second-order valence-electron chi connectivity index (χ2n) is 9.29. The molecular formula is C29H38N2. The first-order chi connectivity index (χ1) is 15.2. The van der Waals surface area contributed by atoms with Gasteiger partial charge in [-0.1, -0.05) is 54.1 Å². The number of nitrogens with zero attached hydrogens (tertiary/aromatic N) is 2. The molecule has 0 N–H and O–H groups in total. The van der Waals surface area contributed by atoms with E-state index in [4.69, 9.17) is 0 Å². The summed E-state index contributed by atoms with van der Waals surface area (Å²) in [4.78, 5) is 5.24. The molecule has 2 nitrogen and oxygen atoms in total. The van der Waals surface area contributed by atoms with Crippen LogP contribution in [0.25, 0.3) is 0 Å². The molecule has 1 saturated carbocycles. The van der Waals surface area contributed by atoms with Gasteiger partial charge < -0.3 is 9.80 Å². The molecule has 2 heteroatoms. The van der Waals surface area contributed by atoms with Crippen molar-refractivity contribution in [2.45, 2.75) is 64.3 Å². The lowest BCUT2D eigenvalue weighted by Gasteiger charge is -2.40. The molecule has 0 bridgehead atoms. The van der Waals surface area contributed by atoms with Gasteiger partial charge in [0.15, 0.2) is 0 Å². The number of allylic oxidation sites excluding steroid dienone is 3. The normalized spacial score (nSPS) is 20.0. The van der Waals surface area contributed by atoms with E-state index < -0.39 is 0 Å². The van der Waals surface area contributed by atoms with E-state index in [2.05, 4.69) is 84.0 Å². The first kappa shape index (κ1) is 21.9. The van der Waals surface area contributed by atoms with Crippen LogP contribution in [-0.2, 0) is 0 Å². The second-order valence-corrected chi connectivity index (χ2v) is 9.29. The third kappa shape index (κ3) is 5.68. The molecule has 0 unspecified atom stereocenters. The van der Waals surface area contributed by atoms with Gasteiger partial charge in [0.1, 0.15) is 0 Å². The number of piperidine rings is 1. The standard InChI is InChI=1S/C29H38N2/c1-24-12-9-10-18-29(24)25(2)13-11-21-30-22-19-28(20-23-30)31(26-14-5-3-6-15-26)27-16-7-4-8-17-27/h3-8,14-17,28H,1,9-13,18-23H2,2H3/b29-25+. The lowest BCUT2D eigenvalue weighted by molar-refractivity contribution is 0.210. The van der Waals surface area contributed by atoms with Gasteiger partial charge in [0, 0.05) is 30.5 Å². The van der Waals surface area contributed by atoms with E-state index in [1.807, 2.05) is 0 Å². The van der Waals surface area contributed by atoms with Gasteiger partial charge in [-0.15, -0.1) is 0 Å². The lowest BCUT2D eigenvalue weighted by atomic mass is 9.86. The van der Waals surface area contributed by atoms with Crippen LogP contribution >= 0.6 is 0 Å². The van der Waals surface area contributed by atoms with Gasteiger partial charge in [0.25, 0.3) is 0 Å². The smallest absolute Gasteiger partial charge is 0.0413 e. The lowest BCUT2D eigenvalue weighted by Crippen LogP contribution is -2.43. The van der Waals surface area contributed by atoms with Crippen LogP contribution in [0, 0.1) is 0 Å². The van der Waals surface area contributed by atoms with Crippen LogP contribution in [0.1, 0.15) is 58.3 Å². The predicted molar refractivity (Wildman–Crippen MR) is 134 cm³/mol. The number of hydrogen-bond donors (Lipinski definition) is 0. The molecule has 0 atom stereocenters. The number of benzene rings is 2. The quantitative estimate of drug-likeness (QED) is 0.462. The van der Waals surface area contributed by atoms with E-state index in [1.165, 1.54) is 87.9 Å². The van der Waals surface area contributed by atoms with E-state index in [0.29, 0.717) is 6.04 Å². The van der Waals surface area contributed by atoms with Crippen molar-refractivity contribution in [3.8, 4) is 0 Å². The highest BCUT2D eigenvalue weighted by Crippen LogP contribution is 2.33. The summed E-state index contributed by atoms with van der Waals surface area (Å²) in [5.41, 5.74) is 7.21. The van der Waals surface area contributed by atoms with Gasteiger partial charge in [-0.05, 0) is 94.7 Å². The molecule has 4 rings (SSSR count). The zero-order valence-electron chi connectivity index (χ0n) is 19.2. The summed E-state index contributed by atoms with van der Waals surface area (Å²) in [6.07, 6.45) is 10.1. The van der Waals surface area contributed by atoms with Gasteiger partial charge in [-0.25, -0.2) is 0 Å². The first-order valence-corrected chi connectivity index (χ1v) is 12.2. The first-order valence-electron chi connectivity index (χ1n) is 12.2. The molecule has 2 aliphatic rings. The Morgan fingerprint density at radius 3 is 2.06 bits per heavy atom. The fourth-order valence-electron chi connectivity index (χ4n) is 5.35. The molecule has 31 heavy (non-hydrogen) atoms. The summed E-state index contributed by atoms with van der Waals surface area (Å²) < 4.78 is 0. The number of anilines is 2. The van der Waals surface area contributed by atoms with Gasteiger partial charge in [-0.3, -0.25) is 0 Å². The van der Waals surface area contributed by atoms with Crippen molar-refractivity contribution >= 4 is 11.4 Å². The molecule has 0 spiro atoms. The molecular weight excluding hydrogens is 376 g/mol. The summed E-state index contributed by atoms with van der Waals surface area (Å²) in [6, 6.07) is 22.4. The Kier molecular flexibility index (Phi) is 7.64. The highest BCUT2D eigenvalue weighted by atomic mass is 15.2. The Labute approximate surface area is 189 Å². The zero-order valence-corrected chi connectivity index (χ0v) is 19.2. The molecule has 2 aromatic carbocycles. The van der Waals surface area contributed by atoms with Crippen LogP contribution in [0.4, 0.5) is 11.4 Å². The molecule has 2 fully saturated rings. The van der Waals surface area contributed by atoms with E-state index in [1.54, 1.807) is 11.1 Å². The minimum absolute atomic E-state index is 0.565. The summed E-state index contributed by atoms with van der Waals surface area (Å²) >= 11 is 0. The van der Waals surface area contributed by atoms with E-state index in [-0.39, 0.29) is 0 Å². The summed E-state index contributed by atoms with van der Waals surface area (Å²) in [7, 11) is 0. The Balaban J connectivity index is 1.32. The highest BCUT2D eigenvalue weighted by molar-refractivity contribution is 5.64. The number of likely N-dealkylation sites (tertiary alicyclic amines) is 1. The van der Waals surface area contributed by atoms with Crippen LogP contribution < -0.4 is 4.90 Å². The molecule has 0 amide bonds. The topological polar surface area (TPSA) is 6.48 Å². The van der Waals surface area contributed by atoms with Crippen LogP contribution in [0.5, 0.6) is 0 Å². The maximum absolute atomic E-state index is 4.32. The number of rotatable bonds is 7. The monoisotopic (exact) mass is 414 g/mol. The molecule has 164 valence electrons. The second kappa shape index (κ2) is 10.8. The molecule has 2 aromatic rings. The summed E-state index contributed by atoms with van der Waals surface area (Å²) in [5, 5.41) is 0. The van der Waals surface area contributed by atoms with Gasteiger partial charge >= 0.3 is 0 Å². The maximum Gasteiger partial charge on any atom is 0.0413 e. The van der Waals surface area contributed by atoms with Crippen LogP contribution in [0.15, 0.2) is 84.0 Å². The van der Waals surface area contributed by atoms with Crippen LogP contribution in [0.3, 0.4) is 0 Å². The molecule has 1 aliphatic carbocycles. The van der Waals surface area contributed by atoms with Crippen molar-refractivity contribution in [1.82, 2.24) is 4.90 Å².